The minimum absolute atomic E-state index is 0.0296. The van der Waals surface area contributed by atoms with E-state index in [-0.39, 0.29) is 30.1 Å². The molecule has 3 aromatic rings. The molecule has 176 valence electrons. The zero-order valence-corrected chi connectivity index (χ0v) is 19.7. The van der Waals surface area contributed by atoms with Gasteiger partial charge in [0.15, 0.2) is 5.76 Å². The lowest BCUT2D eigenvalue weighted by Gasteiger charge is -2.34. The van der Waals surface area contributed by atoms with Crippen molar-refractivity contribution in [3.63, 3.8) is 0 Å². The highest BCUT2D eigenvalue weighted by atomic mass is 35.5. The normalized spacial score (nSPS) is 15.2. The average molecular weight is 494 g/mol. The van der Waals surface area contributed by atoms with Crippen LogP contribution in [0.5, 0.6) is 5.88 Å². The highest BCUT2D eigenvalue weighted by molar-refractivity contribution is 7.19. The molecule has 2 N–H and O–H groups in total. The number of thiophene rings is 1. The van der Waals surface area contributed by atoms with Crippen LogP contribution in [0.2, 0.25) is 4.34 Å². The number of hydrogen-bond donors (Lipinski definition) is 2. The van der Waals surface area contributed by atoms with Crippen molar-refractivity contribution >= 4 is 35.0 Å². The highest BCUT2D eigenvalue weighted by Crippen LogP contribution is 2.31. The number of amides is 1. The Bertz CT molecular complexity index is 1130. The summed E-state index contributed by atoms with van der Waals surface area (Å²) in [5.74, 6) is 0.00880. The van der Waals surface area contributed by atoms with Crippen LogP contribution in [-0.4, -0.2) is 62.2 Å². The number of piperidine rings is 1. The summed E-state index contributed by atoms with van der Waals surface area (Å²) in [6.45, 7) is 6.22. The number of halogens is 1. The summed E-state index contributed by atoms with van der Waals surface area (Å²) in [4.78, 5) is 27.2. The van der Waals surface area contributed by atoms with Crippen LogP contribution < -0.4 is 10.1 Å². The Hall–Kier alpha value is -2.89. The molecule has 0 spiro atoms. The number of ether oxygens (including phenoxy) is 1. The van der Waals surface area contributed by atoms with Crippen LogP contribution in [0.15, 0.2) is 28.8 Å². The van der Waals surface area contributed by atoms with E-state index >= 15 is 0 Å². The van der Waals surface area contributed by atoms with Gasteiger partial charge < -0.3 is 24.6 Å². The zero-order chi connectivity index (χ0) is 23.5. The van der Waals surface area contributed by atoms with E-state index in [0.29, 0.717) is 21.8 Å². The SMILES string of the molecule is CC(C)N1CCC(NC(=O)c2cc(OC(=O)O)nn2Cc2cc(-c3ccc(Cl)s3)on2)CC1. The van der Waals surface area contributed by atoms with Crippen molar-refractivity contribution in [3.8, 4) is 16.5 Å². The van der Waals surface area contributed by atoms with Crippen LogP contribution in [0.4, 0.5) is 4.79 Å². The first-order valence-corrected chi connectivity index (χ1v) is 11.7. The predicted octanol–water partition coefficient (Wildman–Crippen LogP) is 3.96. The first-order chi connectivity index (χ1) is 15.8. The van der Waals surface area contributed by atoms with Crippen molar-refractivity contribution in [2.45, 2.75) is 45.3 Å². The predicted molar refractivity (Wildman–Crippen MR) is 122 cm³/mol. The number of hydrogen-bond acceptors (Lipinski definition) is 8. The molecule has 0 radical (unpaired) electrons. The van der Waals surface area contributed by atoms with Crippen LogP contribution in [0.3, 0.4) is 0 Å². The molecule has 0 saturated carbocycles. The lowest BCUT2D eigenvalue weighted by molar-refractivity contribution is 0.0890. The summed E-state index contributed by atoms with van der Waals surface area (Å²) >= 11 is 7.34. The molecule has 0 aliphatic carbocycles. The second-order valence-corrected chi connectivity index (χ2v) is 9.77. The molecular formula is C21H24ClN5O5S. The number of likely N-dealkylation sites (tertiary alicyclic amines) is 1. The topological polar surface area (TPSA) is 123 Å². The van der Waals surface area contributed by atoms with Crippen molar-refractivity contribution in [2.24, 2.45) is 0 Å². The number of carbonyl (C=O) groups is 2. The van der Waals surface area contributed by atoms with E-state index in [2.05, 4.69) is 39.1 Å². The minimum atomic E-state index is -1.51. The molecule has 12 heteroatoms. The van der Waals surface area contributed by atoms with Gasteiger partial charge in [-0.05, 0) is 38.8 Å². The molecule has 4 heterocycles. The number of nitrogens with one attached hydrogen (secondary N) is 1. The minimum Gasteiger partial charge on any atom is -0.449 e. The second kappa shape index (κ2) is 9.94. The maximum atomic E-state index is 13.0. The van der Waals surface area contributed by atoms with Crippen molar-refractivity contribution in [3.05, 3.63) is 40.0 Å². The average Bonchev–Trinajstić information content (AvgIpc) is 3.48. The molecule has 0 atom stereocenters. The molecular weight excluding hydrogens is 470 g/mol. The number of carboxylic acid groups (broad SMARTS) is 1. The van der Waals surface area contributed by atoms with Gasteiger partial charge in [0.1, 0.15) is 11.4 Å². The van der Waals surface area contributed by atoms with Gasteiger partial charge in [-0.15, -0.1) is 16.4 Å². The molecule has 3 aromatic heterocycles. The van der Waals surface area contributed by atoms with Crippen LogP contribution in [0.25, 0.3) is 10.6 Å². The molecule has 4 rings (SSSR count). The fraction of sp³-hybridized carbons (Fsp3) is 0.429. The Morgan fingerprint density at radius 3 is 2.73 bits per heavy atom. The number of carbonyl (C=O) groups excluding carboxylic acids is 1. The maximum Gasteiger partial charge on any atom is 0.512 e. The van der Waals surface area contributed by atoms with Gasteiger partial charge in [-0.1, -0.05) is 16.8 Å². The Morgan fingerprint density at radius 2 is 2.09 bits per heavy atom. The summed E-state index contributed by atoms with van der Waals surface area (Å²) in [6.07, 6.45) is 0.171. The summed E-state index contributed by atoms with van der Waals surface area (Å²) in [7, 11) is 0. The van der Waals surface area contributed by atoms with Gasteiger partial charge in [-0.25, -0.2) is 9.48 Å². The third-order valence-corrected chi connectivity index (χ3v) is 6.71. The molecule has 0 bridgehead atoms. The number of rotatable bonds is 7. The zero-order valence-electron chi connectivity index (χ0n) is 18.2. The Balaban J connectivity index is 1.49. The highest BCUT2D eigenvalue weighted by Gasteiger charge is 2.25. The van der Waals surface area contributed by atoms with Crippen LogP contribution in [-0.2, 0) is 6.54 Å². The lowest BCUT2D eigenvalue weighted by atomic mass is 10.0. The summed E-state index contributed by atoms with van der Waals surface area (Å²) in [5.41, 5.74) is 0.694. The maximum absolute atomic E-state index is 13.0. The first kappa shape index (κ1) is 23.3. The monoisotopic (exact) mass is 493 g/mol. The first-order valence-electron chi connectivity index (χ1n) is 10.5. The van der Waals surface area contributed by atoms with Crippen molar-refractivity contribution in [1.82, 2.24) is 25.2 Å². The molecule has 0 aromatic carbocycles. The molecule has 1 aliphatic rings. The fourth-order valence-electron chi connectivity index (χ4n) is 3.76. The lowest BCUT2D eigenvalue weighted by Crippen LogP contribution is -2.46. The van der Waals surface area contributed by atoms with Crippen LogP contribution in [0.1, 0.15) is 42.9 Å². The van der Waals surface area contributed by atoms with E-state index in [1.807, 2.05) is 6.07 Å². The van der Waals surface area contributed by atoms with Crippen LogP contribution >= 0.6 is 22.9 Å². The Kier molecular flexibility index (Phi) is 7.01. The van der Waals surface area contributed by atoms with E-state index < -0.39 is 6.16 Å². The van der Waals surface area contributed by atoms with E-state index in [1.165, 1.54) is 22.1 Å². The summed E-state index contributed by atoms with van der Waals surface area (Å²) in [5, 5.41) is 20.1. The molecule has 10 nitrogen and oxygen atoms in total. The van der Waals surface area contributed by atoms with Gasteiger partial charge in [0.25, 0.3) is 5.91 Å². The van der Waals surface area contributed by atoms with Crippen molar-refractivity contribution < 1.29 is 24.0 Å². The quantitative estimate of drug-likeness (QED) is 0.474. The summed E-state index contributed by atoms with van der Waals surface area (Å²) in [6, 6.07) is 7.13. The number of aromatic nitrogens is 3. The molecule has 1 amide bonds. The van der Waals surface area contributed by atoms with E-state index in [0.717, 1.165) is 30.8 Å². The third-order valence-electron chi connectivity index (χ3n) is 5.46. The van der Waals surface area contributed by atoms with Gasteiger partial charge in [0.05, 0.1) is 15.8 Å². The van der Waals surface area contributed by atoms with Gasteiger partial charge in [-0.2, -0.15) is 0 Å². The van der Waals surface area contributed by atoms with E-state index in [1.54, 1.807) is 12.1 Å². The Morgan fingerprint density at radius 1 is 1.33 bits per heavy atom. The molecule has 1 fully saturated rings. The third kappa shape index (κ3) is 5.73. The molecule has 1 saturated heterocycles. The van der Waals surface area contributed by atoms with Crippen LogP contribution in [0, 0.1) is 0 Å². The summed E-state index contributed by atoms with van der Waals surface area (Å²) < 4.78 is 12.1. The molecule has 33 heavy (non-hydrogen) atoms. The van der Waals surface area contributed by atoms with Crippen molar-refractivity contribution in [2.75, 3.05) is 13.1 Å². The second-order valence-electron chi connectivity index (χ2n) is 8.06. The van der Waals surface area contributed by atoms with Gasteiger partial charge >= 0.3 is 6.16 Å². The Labute approximate surface area is 199 Å². The van der Waals surface area contributed by atoms with E-state index in [9.17, 15) is 9.59 Å². The number of nitrogens with zero attached hydrogens (tertiary/aromatic N) is 4. The largest absolute Gasteiger partial charge is 0.512 e. The molecule has 1 aliphatic heterocycles. The molecule has 0 unspecified atom stereocenters. The fourth-order valence-corrected chi connectivity index (χ4v) is 4.75. The van der Waals surface area contributed by atoms with Gasteiger partial charge in [0, 0.05) is 37.3 Å². The van der Waals surface area contributed by atoms with Gasteiger partial charge in [0.2, 0.25) is 5.88 Å². The smallest absolute Gasteiger partial charge is 0.449 e. The standard InChI is InChI=1S/C21H24ClN5O5S/c1-12(2)26-7-5-13(6-8-26)23-20(28)15-10-19(31-21(29)30)24-27(15)11-14-9-16(32-25-14)17-3-4-18(22)33-17/h3-4,9-10,12-13H,5-8,11H2,1-2H3,(H,23,28)(H,29,30). The van der Waals surface area contributed by atoms with Gasteiger partial charge in [-0.3, -0.25) is 4.79 Å². The van der Waals surface area contributed by atoms with Crippen molar-refractivity contribution in [1.29, 1.82) is 0 Å². The van der Waals surface area contributed by atoms with E-state index in [4.69, 9.17) is 21.2 Å².